The van der Waals surface area contributed by atoms with Gasteiger partial charge in [-0.2, -0.15) is 0 Å². The number of aromatic amines is 1. The van der Waals surface area contributed by atoms with Gasteiger partial charge in [-0.3, -0.25) is 9.59 Å². The minimum atomic E-state index is -3.03. The predicted octanol–water partition coefficient (Wildman–Crippen LogP) is -0.715. The molecule has 1 aromatic heterocycles. The molecule has 1 aliphatic rings. The highest BCUT2D eigenvalue weighted by atomic mass is 35.5. The Kier molecular flexibility index (Phi) is 5.83. The van der Waals surface area contributed by atoms with Gasteiger partial charge >= 0.3 is 0 Å². The van der Waals surface area contributed by atoms with Crippen LogP contribution in [0.1, 0.15) is 19.2 Å². The van der Waals surface area contributed by atoms with Crippen LogP contribution in [0.2, 0.25) is 5.02 Å². The molecule has 2 heterocycles. The summed E-state index contributed by atoms with van der Waals surface area (Å²) in [6.45, 7) is 3.11. The van der Waals surface area contributed by atoms with Crippen LogP contribution in [0.4, 0.5) is 0 Å². The van der Waals surface area contributed by atoms with Gasteiger partial charge in [0, 0.05) is 11.1 Å². The SMILES string of the molecule is CC[NH+](CC(=O)N[C@H]1CCS(=O)(=O)C1)Cc1nc2cc(Cl)ccc2c(=O)[nH]1. The van der Waals surface area contributed by atoms with Gasteiger partial charge in [-0.05, 0) is 31.5 Å². The highest BCUT2D eigenvalue weighted by molar-refractivity contribution is 7.91. The number of amides is 1. The van der Waals surface area contributed by atoms with Crippen molar-refractivity contribution in [2.75, 3.05) is 24.6 Å². The summed E-state index contributed by atoms with van der Waals surface area (Å²) >= 11 is 5.97. The molecule has 1 unspecified atom stereocenters. The van der Waals surface area contributed by atoms with Crippen molar-refractivity contribution in [3.63, 3.8) is 0 Å². The second-order valence-corrected chi connectivity index (χ2v) is 9.46. The van der Waals surface area contributed by atoms with E-state index in [1.54, 1.807) is 18.2 Å². The molecule has 1 aliphatic heterocycles. The summed E-state index contributed by atoms with van der Waals surface area (Å²) in [6, 6.07) is 4.58. The first-order chi connectivity index (χ1) is 12.8. The molecule has 2 aromatic rings. The fraction of sp³-hybridized carbons (Fsp3) is 0.471. The molecule has 0 spiro atoms. The molecule has 1 amide bonds. The van der Waals surface area contributed by atoms with Crippen LogP contribution in [0.25, 0.3) is 10.9 Å². The fourth-order valence-corrected chi connectivity index (χ4v) is 5.05. The van der Waals surface area contributed by atoms with Gasteiger partial charge in [-0.1, -0.05) is 11.6 Å². The topological polar surface area (TPSA) is 113 Å². The van der Waals surface area contributed by atoms with Gasteiger partial charge in [0.1, 0.15) is 6.54 Å². The summed E-state index contributed by atoms with van der Waals surface area (Å²) in [5.74, 6) is 0.385. The van der Waals surface area contributed by atoms with E-state index in [1.807, 2.05) is 6.92 Å². The van der Waals surface area contributed by atoms with E-state index in [-0.39, 0.29) is 35.6 Å². The van der Waals surface area contributed by atoms with Crippen LogP contribution in [-0.2, 0) is 21.2 Å². The third-order valence-corrected chi connectivity index (χ3v) is 6.65. The average molecular weight is 414 g/mol. The number of fused-ring (bicyclic) bond motifs is 1. The zero-order chi connectivity index (χ0) is 19.6. The molecule has 1 fully saturated rings. The normalized spacial score (nSPS) is 19.9. The number of sulfone groups is 1. The van der Waals surface area contributed by atoms with E-state index in [4.69, 9.17) is 11.6 Å². The number of nitrogens with zero attached hydrogens (tertiary/aromatic N) is 1. The first-order valence-electron chi connectivity index (χ1n) is 8.77. The Morgan fingerprint density at radius 1 is 1.44 bits per heavy atom. The van der Waals surface area contributed by atoms with Gasteiger partial charge in [0.2, 0.25) is 0 Å². The predicted molar refractivity (Wildman–Crippen MR) is 103 cm³/mol. The molecule has 146 valence electrons. The molecular weight excluding hydrogens is 392 g/mol. The Morgan fingerprint density at radius 3 is 2.89 bits per heavy atom. The number of nitrogens with one attached hydrogen (secondary N) is 3. The molecule has 2 atom stereocenters. The number of aromatic nitrogens is 2. The van der Waals surface area contributed by atoms with Crippen LogP contribution in [-0.4, -0.2) is 54.9 Å². The molecule has 0 aliphatic carbocycles. The van der Waals surface area contributed by atoms with Gasteiger partial charge in [0.15, 0.2) is 22.2 Å². The monoisotopic (exact) mass is 413 g/mol. The lowest BCUT2D eigenvalue weighted by Crippen LogP contribution is -3.11. The lowest BCUT2D eigenvalue weighted by Gasteiger charge is -2.18. The Bertz CT molecular complexity index is 1020. The zero-order valence-corrected chi connectivity index (χ0v) is 16.5. The highest BCUT2D eigenvalue weighted by Gasteiger charge is 2.29. The maximum atomic E-state index is 12.3. The van der Waals surface area contributed by atoms with Crippen LogP contribution in [0.3, 0.4) is 0 Å². The molecule has 0 saturated carbocycles. The van der Waals surface area contributed by atoms with Crippen LogP contribution in [0.15, 0.2) is 23.0 Å². The molecule has 0 bridgehead atoms. The second-order valence-electron chi connectivity index (χ2n) is 6.80. The molecular formula is C17H22ClN4O4S+. The van der Waals surface area contributed by atoms with Crippen LogP contribution >= 0.6 is 11.6 Å². The van der Waals surface area contributed by atoms with Crippen LogP contribution < -0.4 is 15.8 Å². The third kappa shape index (κ3) is 5.06. The van der Waals surface area contributed by atoms with Crippen molar-refractivity contribution in [3.8, 4) is 0 Å². The van der Waals surface area contributed by atoms with E-state index < -0.39 is 9.84 Å². The number of carbonyl (C=O) groups is 1. The first-order valence-corrected chi connectivity index (χ1v) is 11.0. The standard InChI is InChI=1S/C17H21ClN4O4S/c1-2-22(9-16(23)19-12-5-6-27(25,26)10-12)8-15-20-14-7-11(18)3-4-13(14)17(24)21-15/h3-4,7,12H,2,5-6,8-10H2,1H3,(H,19,23)(H,20,21,24)/p+1/t12-/m0/s1. The summed E-state index contributed by atoms with van der Waals surface area (Å²) in [4.78, 5) is 32.6. The number of carbonyl (C=O) groups excluding carboxylic acids is 1. The lowest BCUT2D eigenvalue weighted by molar-refractivity contribution is -0.904. The summed E-state index contributed by atoms with van der Waals surface area (Å²) in [7, 11) is -3.03. The van der Waals surface area contributed by atoms with Crippen LogP contribution in [0, 0.1) is 0 Å². The summed E-state index contributed by atoms with van der Waals surface area (Å²) in [5, 5.41) is 3.74. The van der Waals surface area contributed by atoms with Gasteiger partial charge in [-0.15, -0.1) is 0 Å². The quantitative estimate of drug-likeness (QED) is 0.578. The number of benzene rings is 1. The molecule has 0 radical (unpaired) electrons. The van der Waals surface area contributed by atoms with Crippen molar-refractivity contribution in [2.45, 2.75) is 25.9 Å². The van der Waals surface area contributed by atoms with Crippen molar-refractivity contribution in [2.24, 2.45) is 0 Å². The fourth-order valence-electron chi connectivity index (χ4n) is 3.21. The Hall–Kier alpha value is -1.97. The van der Waals surface area contributed by atoms with E-state index >= 15 is 0 Å². The zero-order valence-electron chi connectivity index (χ0n) is 14.9. The van der Waals surface area contributed by atoms with Gasteiger partial charge in [0.25, 0.3) is 11.5 Å². The number of H-pyrrole nitrogens is 1. The Morgan fingerprint density at radius 2 is 2.22 bits per heavy atom. The maximum absolute atomic E-state index is 12.3. The minimum absolute atomic E-state index is 0.000503. The van der Waals surface area contributed by atoms with E-state index in [1.165, 1.54) is 0 Å². The minimum Gasteiger partial charge on any atom is -0.347 e. The van der Waals surface area contributed by atoms with Gasteiger partial charge in [0.05, 0.1) is 29.0 Å². The summed E-state index contributed by atoms with van der Waals surface area (Å²) in [6.07, 6.45) is 0.454. The van der Waals surface area contributed by atoms with Crippen molar-refractivity contribution in [1.82, 2.24) is 15.3 Å². The summed E-state index contributed by atoms with van der Waals surface area (Å²) in [5.41, 5.74) is 0.264. The van der Waals surface area contributed by atoms with E-state index in [0.717, 1.165) is 4.90 Å². The molecule has 1 aromatic carbocycles. The molecule has 8 nitrogen and oxygen atoms in total. The average Bonchev–Trinajstić information content (AvgIpc) is 2.92. The number of likely N-dealkylation sites (N-methyl/N-ethyl adjacent to an activating group) is 1. The molecule has 1 saturated heterocycles. The second kappa shape index (κ2) is 7.95. The molecule has 10 heteroatoms. The first kappa shape index (κ1) is 19.8. The van der Waals surface area contributed by atoms with Crippen LogP contribution in [0.5, 0.6) is 0 Å². The maximum Gasteiger partial charge on any atom is 0.275 e. The highest BCUT2D eigenvalue weighted by Crippen LogP contribution is 2.14. The number of hydrogen-bond acceptors (Lipinski definition) is 5. The number of hydrogen-bond donors (Lipinski definition) is 3. The third-order valence-electron chi connectivity index (χ3n) is 4.64. The van der Waals surface area contributed by atoms with Crippen molar-refractivity contribution in [3.05, 3.63) is 39.4 Å². The number of quaternary nitrogens is 1. The molecule has 3 N–H and O–H groups in total. The van der Waals surface area contributed by atoms with Gasteiger partial charge < -0.3 is 15.2 Å². The largest absolute Gasteiger partial charge is 0.347 e. The number of halogens is 1. The lowest BCUT2D eigenvalue weighted by atomic mass is 10.2. The van der Waals surface area contributed by atoms with E-state index in [0.29, 0.717) is 41.3 Å². The van der Waals surface area contributed by atoms with Crippen molar-refractivity contribution < 1.29 is 18.1 Å². The number of rotatable bonds is 6. The van der Waals surface area contributed by atoms with Crippen molar-refractivity contribution in [1.29, 1.82) is 0 Å². The van der Waals surface area contributed by atoms with E-state index in [2.05, 4.69) is 15.3 Å². The smallest absolute Gasteiger partial charge is 0.275 e. The molecule has 3 rings (SSSR count). The van der Waals surface area contributed by atoms with E-state index in [9.17, 15) is 18.0 Å². The van der Waals surface area contributed by atoms with Crippen molar-refractivity contribution >= 4 is 38.2 Å². The molecule has 27 heavy (non-hydrogen) atoms. The Labute approximate surface area is 161 Å². The van der Waals surface area contributed by atoms with Gasteiger partial charge in [-0.25, -0.2) is 13.4 Å². The Balaban J connectivity index is 1.67. The summed E-state index contributed by atoms with van der Waals surface area (Å²) < 4.78 is 23.0.